The lowest BCUT2D eigenvalue weighted by atomic mass is 10.1. The molecule has 1 unspecified atom stereocenters. The summed E-state index contributed by atoms with van der Waals surface area (Å²) < 4.78 is 7.33. The molecule has 1 aliphatic heterocycles. The molecule has 2 rings (SSSR count). The molecule has 0 saturated carbocycles. The summed E-state index contributed by atoms with van der Waals surface area (Å²) >= 11 is 0. The molecule has 0 spiro atoms. The summed E-state index contributed by atoms with van der Waals surface area (Å²) in [5, 5.41) is 12.1. The van der Waals surface area contributed by atoms with E-state index in [0.717, 1.165) is 44.0 Å². The SMILES string of the molecule is CCCC1NCCn2c(CCOC)nnc21. The van der Waals surface area contributed by atoms with Crippen LogP contribution in [0, 0.1) is 0 Å². The first-order chi connectivity index (χ1) is 7.86. The Bertz CT molecular complexity index is 337. The Morgan fingerprint density at radius 1 is 1.50 bits per heavy atom. The van der Waals surface area contributed by atoms with Gasteiger partial charge in [0, 0.05) is 26.6 Å². The summed E-state index contributed by atoms with van der Waals surface area (Å²) in [6, 6.07) is 0.377. The highest BCUT2D eigenvalue weighted by molar-refractivity contribution is 5.04. The minimum absolute atomic E-state index is 0.377. The van der Waals surface area contributed by atoms with Gasteiger partial charge >= 0.3 is 0 Å². The first-order valence-corrected chi connectivity index (χ1v) is 6.01. The monoisotopic (exact) mass is 224 g/mol. The van der Waals surface area contributed by atoms with E-state index in [1.54, 1.807) is 7.11 Å². The van der Waals surface area contributed by atoms with E-state index in [9.17, 15) is 0 Å². The second-order valence-corrected chi connectivity index (χ2v) is 4.16. The molecule has 0 radical (unpaired) electrons. The molecular formula is C11H20N4O. The van der Waals surface area contributed by atoms with Crippen LogP contribution in [0.1, 0.15) is 37.5 Å². The number of nitrogens with zero attached hydrogens (tertiary/aromatic N) is 3. The van der Waals surface area contributed by atoms with Crippen LogP contribution in [0.3, 0.4) is 0 Å². The van der Waals surface area contributed by atoms with Gasteiger partial charge in [-0.05, 0) is 6.42 Å². The van der Waals surface area contributed by atoms with Crippen molar-refractivity contribution in [1.82, 2.24) is 20.1 Å². The topological polar surface area (TPSA) is 52.0 Å². The molecular weight excluding hydrogens is 204 g/mol. The number of ether oxygens (including phenoxy) is 1. The summed E-state index contributed by atoms with van der Waals surface area (Å²) in [7, 11) is 1.72. The highest BCUT2D eigenvalue weighted by Gasteiger charge is 2.23. The molecule has 16 heavy (non-hydrogen) atoms. The third-order valence-corrected chi connectivity index (χ3v) is 3.00. The van der Waals surface area contributed by atoms with Gasteiger partial charge in [-0.3, -0.25) is 0 Å². The van der Waals surface area contributed by atoms with Gasteiger partial charge in [0.25, 0.3) is 0 Å². The summed E-state index contributed by atoms with van der Waals surface area (Å²) in [5.41, 5.74) is 0. The largest absolute Gasteiger partial charge is 0.384 e. The zero-order valence-corrected chi connectivity index (χ0v) is 10.1. The Balaban J connectivity index is 2.14. The molecule has 5 nitrogen and oxygen atoms in total. The van der Waals surface area contributed by atoms with Gasteiger partial charge < -0.3 is 14.6 Å². The average molecular weight is 224 g/mol. The molecule has 1 aromatic heterocycles. The number of aromatic nitrogens is 3. The van der Waals surface area contributed by atoms with Crippen molar-refractivity contribution in [2.24, 2.45) is 0 Å². The number of hydrogen-bond donors (Lipinski definition) is 1. The van der Waals surface area contributed by atoms with Crippen molar-refractivity contribution in [3.8, 4) is 0 Å². The zero-order valence-electron chi connectivity index (χ0n) is 10.1. The molecule has 90 valence electrons. The summed E-state index contributed by atoms with van der Waals surface area (Å²) in [6.07, 6.45) is 3.14. The van der Waals surface area contributed by atoms with E-state index >= 15 is 0 Å². The minimum atomic E-state index is 0.377. The van der Waals surface area contributed by atoms with Gasteiger partial charge in [-0.1, -0.05) is 13.3 Å². The van der Waals surface area contributed by atoms with Crippen molar-refractivity contribution in [3.63, 3.8) is 0 Å². The Labute approximate surface area is 96.2 Å². The van der Waals surface area contributed by atoms with E-state index in [0.29, 0.717) is 12.6 Å². The van der Waals surface area contributed by atoms with E-state index in [2.05, 4.69) is 27.0 Å². The van der Waals surface area contributed by atoms with E-state index in [4.69, 9.17) is 4.74 Å². The van der Waals surface area contributed by atoms with Crippen LogP contribution in [-0.4, -0.2) is 35.0 Å². The molecule has 0 fully saturated rings. The van der Waals surface area contributed by atoms with E-state index in [-0.39, 0.29) is 0 Å². The quantitative estimate of drug-likeness (QED) is 0.807. The van der Waals surface area contributed by atoms with E-state index in [1.807, 2.05) is 0 Å². The van der Waals surface area contributed by atoms with Gasteiger partial charge in [-0.25, -0.2) is 0 Å². The van der Waals surface area contributed by atoms with Gasteiger partial charge in [-0.2, -0.15) is 0 Å². The van der Waals surface area contributed by atoms with Crippen LogP contribution in [0.5, 0.6) is 0 Å². The molecule has 1 atom stereocenters. The van der Waals surface area contributed by atoms with Crippen LogP contribution in [0.25, 0.3) is 0 Å². The summed E-state index contributed by atoms with van der Waals surface area (Å²) in [5.74, 6) is 2.15. The number of hydrogen-bond acceptors (Lipinski definition) is 4. The molecule has 0 bridgehead atoms. The second kappa shape index (κ2) is 5.41. The third-order valence-electron chi connectivity index (χ3n) is 3.00. The maximum Gasteiger partial charge on any atom is 0.150 e. The lowest BCUT2D eigenvalue weighted by molar-refractivity contribution is 0.199. The van der Waals surface area contributed by atoms with Gasteiger partial charge in [-0.15, -0.1) is 10.2 Å². The molecule has 1 aliphatic rings. The second-order valence-electron chi connectivity index (χ2n) is 4.16. The minimum Gasteiger partial charge on any atom is -0.384 e. The van der Waals surface area contributed by atoms with Crippen molar-refractivity contribution in [2.45, 2.75) is 38.8 Å². The van der Waals surface area contributed by atoms with Crippen molar-refractivity contribution in [1.29, 1.82) is 0 Å². The maximum absolute atomic E-state index is 5.08. The molecule has 0 aliphatic carbocycles. The highest BCUT2D eigenvalue weighted by Crippen LogP contribution is 2.20. The molecule has 0 amide bonds. The molecule has 0 aromatic carbocycles. The van der Waals surface area contributed by atoms with Gasteiger partial charge in [0.15, 0.2) is 0 Å². The van der Waals surface area contributed by atoms with E-state index < -0.39 is 0 Å². The predicted molar refractivity (Wildman–Crippen MR) is 61.3 cm³/mol. The van der Waals surface area contributed by atoms with Gasteiger partial charge in [0.05, 0.1) is 12.6 Å². The fourth-order valence-corrected chi connectivity index (χ4v) is 2.19. The Hall–Kier alpha value is -0.940. The van der Waals surface area contributed by atoms with Crippen molar-refractivity contribution < 1.29 is 4.74 Å². The first-order valence-electron chi connectivity index (χ1n) is 6.01. The Kier molecular flexibility index (Phi) is 3.90. The van der Waals surface area contributed by atoms with Crippen molar-refractivity contribution in [2.75, 3.05) is 20.3 Å². The van der Waals surface area contributed by atoms with Crippen LogP contribution >= 0.6 is 0 Å². The van der Waals surface area contributed by atoms with Crippen LogP contribution in [0.4, 0.5) is 0 Å². The summed E-state index contributed by atoms with van der Waals surface area (Å²) in [6.45, 7) is 4.89. The van der Waals surface area contributed by atoms with Crippen LogP contribution in [-0.2, 0) is 17.7 Å². The van der Waals surface area contributed by atoms with E-state index in [1.165, 1.54) is 0 Å². The fourth-order valence-electron chi connectivity index (χ4n) is 2.19. The molecule has 0 saturated heterocycles. The smallest absolute Gasteiger partial charge is 0.150 e. The molecule has 1 N–H and O–H groups in total. The molecule has 1 aromatic rings. The normalized spacial score (nSPS) is 19.8. The Morgan fingerprint density at radius 2 is 2.38 bits per heavy atom. The lowest BCUT2D eigenvalue weighted by Gasteiger charge is -2.24. The average Bonchev–Trinajstić information content (AvgIpc) is 2.71. The molecule has 5 heteroatoms. The third kappa shape index (κ3) is 2.25. The maximum atomic E-state index is 5.08. The van der Waals surface area contributed by atoms with Gasteiger partial charge in [0.1, 0.15) is 11.6 Å². The van der Waals surface area contributed by atoms with Gasteiger partial charge in [0.2, 0.25) is 0 Å². The zero-order chi connectivity index (χ0) is 11.4. The lowest BCUT2D eigenvalue weighted by Crippen LogP contribution is -2.34. The fraction of sp³-hybridized carbons (Fsp3) is 0.818. The molecule has 2 heterocycles. The van der Waals surface area contributed by atoms with Crippen LogP contribution in [0.15, 0.2) is 0 Å². The van der Waals surface area contributed by atoms with Crippen LogP contribution < -0.4 is 5.32 Å². The van der Waals surface area contributed by atoms with Crippen molar-refractivity contribution >= 4 is 0 Å². The first kappa shape index (κ1) is 11.5. The number of fused-ring (bicyclic) bond motifs is 1. The predicted octanol–water partition coefficient (Wildman–Crippen LogP) is 0.911. The van der Waals surface area contributed by atoms with Crippen LogP contribution in [0.2, 0.25) is 0 Å². The number of rotatable bonds is 5. The Morgan fingerprint density at radius 3 is 3.12 bits per heavy atom. The number of nitrogens with one attached hydrogen (secondary N) is 1. The number of methoxy groups -OCH3 is 1. The summed E-state index contributed by atoms with van der Waals surface area (Å²) in [4.78, 5) is 0. The standard InChI is InChI=1S/C11H20N4O/c1-3-4-9-11-14-13-10(5-8-16-2)15(11)7-6-12-9/h9,12H,3-8H2,1-2H3. The van der Waals surface area contributed by atoms with Crippen molar-refractivity contribution in [3.05, 3.63) is 11.6 Å². The highest BCUT2D eigenvalue weighted by atomic mass is 16.5.